The van der Waals surface area contributed by atoms with E-state index >= 15 is 0 Å². The summed E-state index contributed by atoms with van der Waals surface area (Å²) >= 11 is 0. The molecule has 0 saturated heterocycles. The lowest BCUT2D eigenvalue weighted by Crippen LogP contribution is -2.30. The van der Waals surface area contributed by atoms with Crippen LogP contribution in [0.4, 0.5) is 0 Å². The third-order valence-electron chi connectivity index (χ3n) is 14.2. The van der Waals surface area contributed by atoms with Crippen LogP contribution in [0.25, 0.3) is 0 Å². The van der Waals surface area contributed by atoms with Crippen molar-refractivity contribution in [1.29, 1.82) is 0 Å². The summed E-state index contributed by atoms with van der Waals surface area (Å²) in [5.74, 6) is -0.868. The average molecular weight is 1050 g/mol. The highest BCUT2D eigenvalue weighted by atomic mass is 16.6. The van der Waals surface area contributed by atoms with Crippen molar-refractivity contribution in [2.45, 2.75) is 335 Å². The van der Waals surface area contributed by atoms with Crippen LogP contribution in [0.15, 0.2) is 72.9 Å². The van der Waals surface area contributed by atoms with Crippen molar-refractivity contribution < 1.29 is 28.6 Å². The van der Waals surface area contributed by atoms with Crippen molar-refractivity contribution in [2.75, 3.05) is 13.2 Å². The Labute approximate surface area is 465 Å². The van der Waals surface area contributed by atoms with E-state index in [1.54, 1.807) is 0 Å². The number of esters is 3. The van der Waals surface area contributed by atoms with E-state index in [4.69, 9.17) is 14.2 Å². The van der Waals surface area contributed by atoms with Gasteiger partial charge in [-0.3, -0.25) is 14.4 Å². The van der Waals surface area contributed by atoms with Gasteiger partial charge in [-0.2, -0.15) is 0 Å². The molecule has 1 unspecified atom stereocenters. The van der Waals surface area contributed by atoms with Gasteiger partial charge in [0.25, 0.3) is 0 Å². The van der Waals surface area contributed by atoms with Crippen molar-refractivity contribution in [1.82, 2.24) is 0 Å². The summed E-state index contributed by atoms with van der Waals surface area (Å²) in [4.78, 5) is 38.1. The van der Waals surface area contributed by atoms with Crippen LogP contribution in [0.2, 0.25) is 0 Å². The van der Waals surface area contributed by atoms with Crippen LogP contribution in [-0.2, 0) is 28.6 Å². The van der Waals surface area contributed by atoms with Gasteiger partial charge in [-0.1, -0.05) is 293 Å². The molecule has 6 nitrogen and oxygen atoms in total. The van der Waals surface area contributed by atoms with Gasteiger partial charge in [-0.05, 0) is 89.9 Å². The quantitative estimate of drug-likeness (QED) is 0.0261. The van der Waals surface area contributed by atoms with Crippen LogP contribution >= 0.6 is 0 Å². The molecule has 0 saturated carbocycles. The molecular weight excluding hydrogens is 925 g/mol. The highest BCUT2D eigenvalue weighted by Crippen LogP contribution is 2.17. The molecule has 75 heavy (non-hydrogen) atoms. The molecular formula is C69H122O6. The summed E-state index contributed by atoms with van der Waals surface area (Å²) in [6, 6.07) is 0. The van der Waals surface area contributed by atoms with Crippen molar-refractivity contribution in [3.8, 4) is 0 Å². The second kappa shape index (κ2) is 63.4. The first-order valence-electron chi connectivity index (χ1n) is 32.4. The Morgan fingerprint density at radius 1 is 0.280 bits per heavy atom. The minimum absolute atomic E-state index is 0.0727. The van der Waals surface area contributed by atoms with Gasteiger partial charge in [0.15, 0.2) is 6.10 Å². The van der Waals surface area contributed by atoms with E-state index in [2.05, 4.69) is 93.7 Å². The third-order valence-corrected chi connectivity index (χ3v) is 14.2. The number of unbranched alkanes of at least 4 members (excludes halogenated alkanes) is 36. The van der Waals surface area contributed by atoms with Crippen LogP contribution in [0.3, 0.4) is 0 Å². The molecule has 0 aliphatic carbocycles. The van der Waals surface area contributed by atoms with E-state index in [1.165, 1.54) is 199 Å². The molecule has 0 heterocycles. The number of rotatable bonds is 59. The fourth-order valence-corrected chi connectivity index (χ4v) is 9.35. The Kier molecular flexibility index (Phi) is 60.7. The zero-order chi connectivity index (χ0) is 54.3. The minimum atomic E-state index is -0.773. The number of carbonyl (C=O) groups excluding carboxylic acids is 3. The number of ether oxygens (including phenoxy) is 3. The summed E-state index contributed by atoms with van der Waals surface area (Å²) in [7, 11) is 0. The molecule has 1 atom stereocenters. The number of hydrogen-bond acceptors (Lipinski definition) is 6. The van der Waals surface area contributed by atoms with Gasteiger partial charge < -0.3 is 14.2 Å². The lowest BCUT2D eigenvalue weighted by molar-refractivity contribution is -0.167. The van der Waals surface area contributed by atoms with E-state index in [0.717, 1.165) is 89.9 Å². The van der Waals surface area contributed by atoms with Gasteiger partial charge in [-0.25, -0.2) is 0 Å². The zero-order valence-corrected chi connectivity index (χ0v) is 49.8. The fourth-order valence-electron chi connectivity index (χ4n) is 9.35. The molecule has 0 aromatic rings. The molecule has 0 spiro atoms. The standard InChI is InChI=1S/C69H122O6/c1-4-7-10-13-16-18-20-22-24-26-28-29-30-31-32-33-34-35-36-37-38-39-41-42-44-46-48-50-53-56-59-62-68(71)74-65-66(64-73-67(70)61-58-55-52-15-12-9-6-3)75-69(72)63-60-57-54-51-49-47-45-43-40-27-25-23-21-19-17-14-11-8-5-2/h7,10,16-19,22-25,28-29,66H,4-6,8-9,11-15,20-21,26-27,30-65H2,1-3H3/b10-7-,18-16-,19-17-,24-22-,25-23-,29-28-. The SMILES string of the molecule is CC/C=C\C/C=C\C/C=C\C/C=C\CCCCCCCCCCCCCCCCCCCCC(=O)OCC(COC(=O)CCCCCCCCC)OC(=O)CCCCCCCCCCC/C=C\C/C=C\CCCCC. The largest absolute Gasteiger partial charge is 0.462 e. The average Bonchev–Trinajstić information content (AvgIpc) is 3.41. The second-order valence-electron chi connectivity index (χ2n) is 21.6. The Balaban J connectivity index is 4.04. The van der Waals surface area contributed by atoms with Crippen molar-refractivity contribution in [3.05, 3.63) is 72.9 Å². The molecule has 0 rings (SSSR count). The molecule has 0 fully saturated rings. The number of hydrogen-bond donors (Lipinski definition) is 0. The van der Waals surface area contributed by atoms with Crippen LogP contribution in [0.1, 0.15) is 329 Å². The molecule has 0 N–H and O–H groups in total. The summed E-state index contributed by atoms with van der Waals surface area (Å²) in [5, 5.41) is 0. The zero-order valence-electron chi connectivity index (χ0n) is 49.8. The predicted molar refractivity (Wildman–Crippen MR) is 325 cm³/mol. The first kappa shape index (κ1) is 71.8. The van der Waals surface area contributed by atoms with Gasteiger partial charge in [-0.15, -0.1) is 0 Å². The Hall–Kier alpha value is -3.15. The molecule has 0 amide bonds. The third kappa shape index (κ3) is 61.6. The summed E-state index contributed by atoms with van der Waals surface area (Å²) in [6.45, 7) is 6.49. The molecule has 0 bridgehead atoms. The van der Waals surface area contributed by atoms with Gasteiger partial charge in [0.05, 0.1) is 0 Å². The van der Waals surface area contributed by atoms with Crippen LogP contribution in [-0.4, -0.2) is 37.2 Å². The van der Waals surface area contributed by atoms with Gasteiger partial charge in [0.2, 0.25) is 0 Å². The lowest BCUT2D eigenvalue weighted by atomic mass is 10.0. The second-order valence-corrected chi connectivity index (χ2v) is 21.6. The van der Waals surface area contributed by atoms with Crippen LogP contribution < -0.4 is 0 Å². The van der Waals surface area contributed by atoms with E-state index in [0.29, 0.717) is 19.3 Å². The fraction of sp³-hybridized carbons (Fsp3) is 0.783. The monoisotopic (exact) mass is 1050 g/mol. The summed E-state index contributed by atoms with van der Waals surface area (Å²) in [6.07, 6.45) is 82.3. The predicted octanol–water partition coefficient (Wildman–Crippen LogP) is 22.1. The first-order valence-corrected chi connectivity index (χ1v) is 32.4. The first-order chi connectivity index (χ1) is 37.0. The van der Waals surface area contributed by atoms with Crippen molar-refractivity contribution >= 4 is 17.9 Å². The highest BCUT2D eigenvalue weighted by molar-refractivity contribution is 5.71. The Morgan fingerprint density at radius 3 is 0.840 bits per heavy atom. The smallest absolute Gasteiger partial charge is 0.306 e. The maximum absolute atomic E-state index is 12.8. The molecule has 0 aliphatic heterocycles. The molecule has 0 radical (unpaired) electrons. The van der Waals surface area contributed by atoms with Crippen LogP contribution in [0, 0.1) is 0 Å². The molecule has 0 aliphatic rings. The van der Waals surface area contributed by atoms with Crippen molar-refractivity contribution in [3.63, 3.8) is 0 Å². The van der Waals surface area contributed by atoms with Crippen molar-refractivity contribution in [2.24, 2.45) is 0 Å². The van der Waals surface area contributed by atoms with Gasteiger partial charge in [0.1, 0.15) is 13.2 Å². The maximum Gasteiger partial charge on any atom is 0.306 e. The van der Waals surface area contributed by atoms with E-state index in [9.17, 15) is 14.4 Å². The highest BCUT2D eigenvalue weighted by Gasteiger charge is 2.19. The topological polar surface area (TPSA) is 78.9 Å². The molecule has 0 aromatic heterocycles. The van der Waals surface area contributed by atoms with E-state index in [-0.39, 0.29) is 31.1 Å². The molecule has 434 valence electrons. The lowest BCUT2D eigenvalue weighted by Gasteiger charge is -2.18. The summed E-state index contributed by atoms with van der Waals surface area (Å²) in [5.41, 5.74) is 0. The Morgan fingerprint density at radius 2 is 0.520 bits per heavy atom. The maximum atomic E-state index is 12.8. The number of carbonyl (C=O) groups is 3. The molecule has 6 heteroatoms. The van der Waals surface area contributed by atoms with Gasteiger partial charge in [0, 0.05) is 19.3 Å². The van der Waals surface area contributed by atoms with Crippen LogP contribution in [0.5, 0.6) is 0 Å². The minimum Gasteiger partial charge on any atom is -0.462 e. The normalized spacial score (nSPS) is 12.5. The number of allylic oxidation sites excluding steroid dienone is 12. The van der Waals surface area contributed by atoms with Gasteiger partial charge >= 0.3 is 17.9 Å². The van der Waals surface area contributed by atoms with E-state index < -0.39 is 6.10 Å². The molecule has 0 aromatic carbocycles. The summed E-state index contributed by atoms with van der Waals surface area (Å²) < 4.78 is 16.8. The van der Waals surface area contributed by atoms with E-state index in [1.807, 2.05) is 0 Å². The Bertz CT molecular complexity index is 1390.